The van der Waals surface area contributed by atoms with E-state index in [0.29, 0.717) is 23.7 Å². The van der Waals surface area contributed by atoms with Gasteiger partial charge in [-0.1, -0.05) is 30.4 Å². The van der Waals surface area contributed by atoms with Crippen molar-refractivity contribution in [2.45, 2.75) is 19.4 Å². The SMILES string of the molecule is CC(=O)O[C@H]1C=C[C@H]2CC=C[C@@H]1[C@H]1C=C[C@H]12. The molecular formula is C14H16O2. The molecule has 2 heteroatoms. The summed E-state index contributed by atoms with van der Waals surface area (Å²) in [7, 11) is 0. The first-order chi connectivity index (χ1) is 7.75. The van der Waals surface area contributed by atoms with Gasteiger partial charge in [0.15, 0.2) is 0 Å². The fraction of sp³-hybridized carbons (Fsp3) is 0.500. The normalized spacial score (nSPS) is 43.2. The van der Waals surface area contributed by atoms with E-state index in [0.717, 1.165) is 6.42 Å². The van der Waals surface area contributed by atoms with E-state index < -0.39 is 0 Å². The summed E-state index contributed by atoms with van der Waals surface area (Å²) in [5.41, 5.74) is 0. The Morgan fingerprint density at radius 2 is 1.88 bits per heavy atom. The predicted octanol–water partition coefficient (Wildman–Crippen LogP) is 2.48. The Bertz CT molecular complexity index is 392. The maximum atomic E-state index is 11.1. The van der Waals surface area contributed by atoms with Gasteiger partial charge in [-0.15, -0.1) is 0 Å². The van der Waals surface area contributed by atoms with Crippen molar-refractivity contribution in [3.8, 4) is 0 Å². The second kappa shape index (κ2) is 3.62. The molecule has 16 heavy (non-hydrogen) atoms. The zero-order chi connectivity index (χ0) is 11.1. The number of carbonyl (C=O) groups excluding carboxylic acids is 1. The Balaban J connectivity index is 1.92. The summed E-state index contributed by atoms with van der Waals surface area (Å²) in [5, 5.41) is 0. The molecule has 3 rings (SSSR count). The first kappa shape index (κ1) is 9.88. The standard InChI is InChI=1S/C14H16O2/c1-9(15)16-14-8-5-10-3-2-4-13(14)12-7-6-11(10)12/h2,4-8,10-14H,3H2,1H3/t10-,11+,12+,13-,14+/m1/s1. The Morgan fingerprint density at radius 1 is 1.06 bits per heavy atom. The highest BCUT2D eigenvalue weighted by atomic mass is 16.5. The Morgan fingerprint density at radius 3 is 2.56 bits per heavy atom. The lowest BCUT2D eigenvalue weighted by Gasteiger charge is -2.36. The molecule has 0 saturated heterocycles. The van der Waals surface area contributed by atoms with E-state index in [-0.39, 0.29) is 12.1 Å². The molecule has 3 aliphatic rings. The molecule has 0 aromatic rings. The number of hydrogen-bond acceptors (Lipinski definition) is 2. The molecule has 0 saturated carbocycles. The molecule has 2 nitrogen and oxygen atoms in total. The fourth-order valence-corrected chi connectivity index (χ4v) is 3.08. The summed E-state index contributed by atoms with van der Waals surface area (Å²) in [5.74, 6) is 1.95. The summed E-state index contributed by atoms with van der Waals surface area (Å²) < 4.78 is 5.40. The third-order valence-corrected chi connectivity index (χ3v) is 3.93. The van der Waals surface area contributed by atoms with Gasteiger partial charge in [0, 0.05) is 12.8 Å². The van der Waals surface area contributed by atoms with E-state index in [1.165, 1.54) is 6.92 Å². The van der Waals surface area contributed by atoms with Crippen LogP contribution in [0.15, 0.2) is 36.5 Å². The molecule has 0 heterocycles. The Labute approximate surface area is 95.7 Å². The van der Waals surface area contributed by atoms with Gasteiger partial charge in [0.05, 0.1) is 0 Å². The van der Waals surface area contributed by atoms with Crippen molar-refractivity contribution in [2.75, 3.05) is 0 Å². The molecule has 0 fully saturated rings. The molecule has 0 amide bonds. The van der Waals surface area contributed by atoms with Crippen LogP contribution in [0.5, 0.6) is 0 Å². The highest BCUT2D eigenvalue weighted by molar-refractivity contribution is 5.66. The molecule has 2 bridgehead atoms. The van der Waals surface area contributed by atoms with Gasteiger partial charge in [0.1, 0.15) is 6.10 Å². The van der Waals surface area contributed by atoms with Crippen LogP contribution in [0, 0.1) is 23.7 Å². The Hall–Kier alpha value is -1.31. The average Bonchev–Trinajstić information content (AvgIpc) is 2.32. The van der Waals surface area contributed by atoms with Crippen molar-refractivity contribution < 1.29 is 9.53 Å². The van der Waals surface area contributed by atoms with Crippen LogP contribution < -0.4 is 0 Å². The van der Waals surface area contributed by atoms with Crippen molar-refractivity contribution in [3.63, 3.8) is 0 Å². The fourth-order valence-electron chi connectivity index (χ4n) is 3.08. The zero-order valence-electron chi connectivity index (χ0n) is 9.37. The van der Waals surface area contributed by atoms with Gasteiger partial charge in [-0.25, -0.2) is 0 Å². The molecule has 0 aromatic heterocycles. The van der Waals surface area contributed by atoms with Crippen molar-refractivity contribution in [3.05, 3.63) is 36.5 Å². The van der Waals surface area contributed by atoms with E-state index in [9.17, 15) is 4.79 Å². The van der Waals surface area contributed by atoms with Crippen LogP contribution in [0.2, 0.25) is 0 Å². The van der Waals surface area contributed by atoms with E-state index in [1.807, 2.05) is 0 Å². The lowest BCUT2D eigenvalue weighted by molar-refractivity contribution is -0.146. The number of ether oxygens (including phenoxy) is 1. The molecule has 0 aliphatic heterocycles. The number of rotatable bonds is 1. The van der Waals surface area contributed by atoms with Gasteiger partial charge < -0.3 is 4.74 Å². The molecule has 0 radical (unpaired) electrons. The highest BCUT2D eigenvalue weighted by Gasteiger charge is 2.41. The monoisotopic (exact) mass is 216 g/mol. The maximum Gasteiger partial charge on any atom is 0.303 e. The molecule has 0 aromatic carbocycles. The number of hydrogen-bond donors (Lipinski definition) is 0. The molecular weight excluding hydrogens is 200 g/mol. The molecule has 0 spiro atoms. The van der Waals surface area contributed by atoms with Crippen LogP contribution in [-0.2, 0) is 9.53 Å². The third-order valence-electron chi connectivity index (χ3n) is 3.93. The lowest BCUT2D eigenvalue weighted by Crippen LogP contribution is -2.34. The number of esters is 1. The average molecular weight is 216 g/mol. The largest absolute Gasteiger partial charge is 0.458 e. The van der Waals surface area contributed by atoms with Gasteiger partial charge >= 0.3 is 5.97 Å². The summed E-state index contributed by atoms with van der Waals surface area (Å²) in [6.07, 6.45) is 14.4. The minimum atomic E-state index is -0.188. The van der Waals surface area contributed by atoms with Gasteiger partial charge in [-0.05, 0) is 30.3 Å². The number of allylic oxidation sites excluding steroid dienone is 4. The van der Waals surface area contributed by atoms with Crippen LogP contribution in [0.4, 0.5) is 0 Å². The Kier molecular flexibility index (Phi) is 2.23. The topological polar surface area (TPSA) is 26.3 Å². The van der Waals surface area contributed by atoms with Gasteiger partial charge in [0.25, 0.3) is 0 Å². The summed E-state index contributed by atoms with van der Waals surface area (Å²) >= 11 is 0. The van der Waals surface area contributed by atoms with E-state index in [1.54, 1.807) is 0 Å². The van der Waals surface area contributed by atoms with Gasteiger partial charge in [-0.2, -0.15) is 0 Å². The van der Waals surface area contributed by atoms with E-state index >= 15 is 0 Å². The molecule has 0 unspecified atom stereocenters. The second-order valence-corrected chi connectivity index (χ2v) is 4.90. The van der Waals surface area contributed by atoms with Crippen LogP contribution in [0.25, 0.3) is 0 Å². The van der Waals surface area contributed by atoms with Crippen molar-refractivity contribution in [1.82, 2.24) is 0 Å². The molecule has 5 atom stereocenters. The summed E-state index contributed by atoms with van der Waals surface area (Å²) in [6.45, 7) is 1.48. The van der Waals surface area contributed by atoms with E-state index in [4.69, 9.17) is 4.74 Å². The first-order valence-corrected chi connectivity index (χ1v) is 5.96. The van der Waals surface area contributed by atoms with Crippen LogP contribution in [-0.4, -0.2) is 12.1 Å². The van der Waals surface area contributed by atoms with Gasteiger partial charge in [-0.3, -0.25) is 4.79 Å². The van der Waals surface area contributed by atoms with Crippen LogP contribution in [0.3, 0.4) is 0 Å². The predicted molar refractivity (Wildman–Crippen MR) is 61.6 cm³/mol. The highest BCUT2D eigenvalue weighted by Crippen LogP contribution is 2.46. The quantitative estimate of drug-likeness (QED) is 0.497. The summed E-state index contributed by atoms with van der Waals surface area (Å²) in [6, 6.07) is 0. The minimum absolute atomic E-state index is 0.0727. The maximum absolute atomic E-state index is 11.1. The van der Waals surface area contributed by atoms with E-state index in [2.05, 4.69) is 36.5 Å². The minimum Gasteiger partial charge on any atom is -0.458 e. The third kappa shape index (κ3) is 1.44. The van der Waals surface area contributed by atoms with Crippen LogP contribution >= 0.6 is 0 Å². The lowest BCUT2D eigenvalue weighted by atomic mass is 9.69. The van der Waals surface area contributed by atoms with Crippen molar-refractivity contribution in [1.29, 1.82) is 0 Å². The van der Waals surface area contributed by atoms with Gasteiger partial charge in [0.2, 0.25) is 0 Å². The van der Waals surface area contributed by atoms with Crippen molar-refractivity contribution in [2.24, 2.45) is 23.7 Å². The zero-order valence-corrected chi connectivity index (χ0v) is 9.37. The smallest absolute Gasteiger partial charge is 0.303 e. The first-order valence-electron chi connectivity index (χ1n) is 5.96. The van der Waals surface area contributed by atoms with Crippen LogP contribution in [0.1, 0.15) is 13.3 Å². The second-order valence-electron chi connectivity index (χ2n) is 4.90. The summed E-state index contributed by atoms with van der Waals surface area (Å²) in [4.78, 5) is 11.1. The molecule has 84 valence electrons. The molecule has 0 N–H and O–H groups in total. The molecule has 3 aliphatic carbocycles. The number of carbonyl (C=O) groups is 1. The van der Waals surface area contributed by atoms with Crippen molar-refractivity contribution >= 4 is 5.97 Å².